The number of hydrogen-bond donors (Lipinski definition) is 2. The summed E-state index contributed by atoms with van der Waals surface area (Å²) in [5.74, 6) is -10.4. The van der Waals surface area contributed by atoms with Crippen molar-refractivity contribution in [2.45, 2.75) is 50.4 Å². The van der Waals surface area contributed by atoms with E-state index in [-0.39, 0.29) is 46.4 Å². The van der Waals surface area contributed by atoms with Crippen LogP contribution in [0.25, 0.3) is 32.0 Å². The number of H-pyrrole nitrogens is 1. The Labute approximate surface area is 297 Å². The molecule has 1 saturated carbocycles. The van der Waals surface area contributed by atoms with Gasteiger partial charge in [0.2, 0.25) is 5.91 Å². The van der Waals surface area contributed by atoms with Gasteiger partial charge < -0.3 is 5.32 Å². The van der Waals surface area contributed by atoms with Crippen LogP contribution in [0.4, 0.5) is 35.1 Å². The molecule has 2 aliphatic rings. The van der Waals surface area contributed by atoms with Gasteiger partial charge in [-0.25, -0.2) is 23.1 Å². The Hall–Kier alpha value is -5.52. The highest BCUT2D eigenvalue weighted by Crippen LogP contribution is 2.68. The Morgan fingerprint density at radius 2 is 1.81 bits per heavy atom. The van der Waals surface area contributed by atoms with Crippen molar-refractivity contribution in [3.05, 3.63) is 106 Å². The topological polar surface area (TPSA) is 118 Å². The molecule has 2 aliphatic carbocycles. The molecule has 2 N–H and O–H groups in total. The fraction of sp³-hybridized carbons (Fsp3) is 0.257. The van der Waals surface area contributed by atoms with E-state index in [0.29, 0.717) is 26.0 Å². The highest BCUT2D eigenvalue weighted by atomic mass is 32.1. The van der Waals surface area contributed by atoms with E-state index in [2.05, 4.69) is 25.6 Å². The zero-order valence-electron chi connectivity index (χ0n) is 27.0. The zero-order chi connectivity index (χ0) is 37.6. The fourth-order valence-electron chi connectivity index (χ4n) is 6.98. The van der Waals surface area contributed by atoms with Gasteiger partial charge in [-0.3, -0.25) is 19.4 Å². The maximum Gasteiger partial charge on any atom is 0.435 e. The molecule has 8 rings (SSSR count). The molecule has 1 fully saturated rings. The number of aromatic nitrogens is 6. The summed E-state index contributed by atoms with van der Waals surface area (Å²) in [5, 5.41) is 13.1. The Kier molecular flexibility index (Phi) is 8.01. The quantitative estimate of drug-likeness (QED) is 0.114. The number of amides is 1. The van der Waals surface area contributed by atoms with Crippen molar-refractivity contribution in [1.29, 1.82) is 0 Å². The van der Waals surface area contributed by atoms with Gasteiger partial charge in [0.1, 0.15) is 34.7 Å². The van der Waals surface area contributed by atoms with Crippen LogP contribution in [-0.2, 0) is 29.9 Å². The van der Waals surface area contributed by atoms with Crippen LogP contribution in [-0.4, -0.2) is 41.6 Å². The molecule has 9 nitrogen and oxygen atoms in total. The van der Waals surface area contributed by atoms with Crippen molar-refractivity contribution in [2.75, 3.05) is 0 Å². The summed E-state index contributed by atoms with van der Waals surface area (Å²) in [4.78, 5) is 35.3. The summed E-state index contributed by atoms with van der Waals surface area (Å²) in [6.07, 6.45) is -2.46. The summed E-state index contributed by atoms with van der Waals surface area (Å²) < 4.78 is 117. The van der Waals surface area contributed by atoms with Gasteiger partial charge in [-0.2, -0.15) is 32.1 Å². The monoisotopic (exact) mass is 757 g/mol. The first-order chi connectivity index (χ1) is 25.1. The number of carbonyl (C=O) groups is 2. The number of alkyl halides is 5. The average Bonchev–Trinajstić information content (AvgIpc) is 3.38. The number of nitrogens with zero attached hydrogens (tertiary/aromatic N) is 5. The summed E-state index contributed by atoms with van der Waals surface area (Å²) in [6.45, 7) is 0.0983. The molecule has 0 saturated heterocycles. The van der Waals surface area contributed by atoms with Crippen LogP contribution in [0.5, 0.6) is 0 Å². The van der Waals surface area contributed by atoms with Crippen LogP contribution in [0.1, 0.15) is 63.9 Å². The van der Waals surface area contributed by atoms with Crippen molar-refractivity contribution >= 4 is 33.4 Å². The molecule has 0 radical (unpaired) electrons. The zero-order valence-corrected chi connectivity index (χ0v) is 27.9. The second-order valence-corrected chi connectivity index (χ2v) is 14.0. The minimum absolute atomic E-state index is 0.00826. The number of Topliss-reactive ketones (excluding diaryl/α,β-unsaturated/α-hetero) is 1. The first kappa shape index (κ1) is 34.6. The number of pyridine rings is 1. The number of ketones is 1. The van der Waals surface area contributed by atoms with Gasteiger partial charge in [0.05, 0.1) is 28.2 Å². The number of halogens is 8. The Bertz CT molecular complexity index is 2440. The van der Waals surface area contributed by atoms with E-state index in [1.54, 1.807) is 12.3 Å². The van der Waals surface area contributed by atoms with Crippen molar-refractivity contribution in [1.82, 2.24) is 35.3 Å². The molecule has 1 amide bonds. The lowest BCUT2D eigenvalue weighted by atomic mass is 9.94. The molecule has 4 aromatic heterocycles. The average molecular weight is 758 g/mol. The number of benzene rings is 2. The van der Waals surface area contributed by atoms with Gasteiger partial charge in [0, 0.05) is 34.9 Å². The van der Waals surface area contributed by atoms with Crippen molar-refractivity contribution in [3.8, 4) is 21.7 Å². The molecular formula is C35H23F8N7O2S. The molecule has 0 spiro atoms. The van der Waals surface area contributed by atoms with Crippen molar-refractivity contribution in [3.63, 3.8) is 0 Å². The van der Waals surface area contributed by atoms with Gasteiger partial charge in [-0.15, -0.1) is 11.3 Å². The molecule has 2 aromatic carbocycles. The van der Waals surface area contributed by atoms with Gasteiger partial charge >= 0.3 is 6.18 Å². The number of hydrogen-bond acceptors (Lipinski definition) is 7. The van der Waals surface area contributed by atoms with Crippen LogP contribution in [0.2, 0.25) is 0 Å². The lowest BCUT2D eigenvalue weighted by molar-refractivity contribution is -0.142. The summed E-state index contributed by atoms with van der Waals surface area (Å²) in [5.41, 5.74) is -2.09. The SMILES string of the molecule is CC(=O)c1cc(-c2cc3sc(-c4cn[nH]c4)nc3nc2[C@H](Cc2cc(F)cc(F)c2)NC(=O)Cn2nc(C(F)(F)F)c3c2C(F)(F)[C@@H]2C[C@H]32)ccc1F. The lowest BCUT2D eigenvalue weighted by Crippen LogP contribution is -2.35. The minimum atomic E-state index is -5.06. The number of aromatic amines is 1. The molecule has 3 atom stereocenters. The number of thiazole rings is 1. The number of fused-ring (bicyclic) bond motifs is 4. The Morgan fingerprint density at radius 3 is 2.49 bits per heavy atom. The second-order valence-electron chi connectivity index (χ2n) is 12.9. The third-order valence-electron chi connectivity index (χ3n) is 9.34. The van der Waals surface area contributed by atoms with Gasteiger partial charge in [-0.05, 0) is 67.1 Å². The van der Waals surface area contributed by atoms with Gasteiger partial charge in [-0.1, -0.05) is 6.07 Å². The predicted octanol–water partition coefficient (Wildman–Crippen LogP) is 7.89. The van der Waals surface area contributed by atoms with Crippen LogP contribution in [0.15, 0.2) is 54.9 Å². The Balaban J connectivity index is 1.25. The van der Waals surface area contributed by atoms with Crippen molar-refractivity contribution in [2.24, 2.45) is 5.92 Å². The third-order valence-corrected chi connectivity index (χ3v) is 10.4. The maximum absolute atomic E-state index is 15.3. The lowest BCUT2D eigenvalue weighted by Gasteiger charge is -2.23. The van der Waals surface area contributed by atoms with Crippen LogP contribution in [0, 0.1) is 23.4 Å². The normalized spacial score (nSPS) is 17.8. The van der Waals surface area contributed by atoms with E-state index < -0.39 is 82.6 Å². The molecule has 0 bridgehead atoms. The van der Waals surface area contributed by atoms with E-state index in [1.165, 1.54) is 29.7 Å². The standard InChI is InChI=1S/C35H23F8N7O2S/c1-14(51)20-7-16(2-3-24(20)38)21-10-26-32(48-33(53-26)17-11-44-45-12-17)47-29(21)25(6-15-4-18(36)8-19(37)5-15)46-27(52)13-50-31-28(30(49-50)35(41,42)43)22-9-23(22)34(31,39)40/h2-5,7-8,10-12,22-23,25H,6,9,13H2,1H3,(H,44,45)(H,46,52)/t22-,23+,25-/m0/s1. The molecular weight excluding hydrogens is 734 g/mol. The molecule has 18 heteroatoms. The van der Waals surface area contributed by atoms with E-state index in [0.717, 1.165) is 25.1 Å². The van der Waals surface area contributed by atoms with Crippen LogP contribution in [0.3, 0.4) is 0 Å². The molecule has 272 valence electrons. The number of nitrogens with one attached hydrogen (secondary N) is 2. The largest absolute Gasteiger partial charge is 0.435 e. The molecule has 4 heterocycles. The predicted molar refractivity (Wildman–Crippen MR) is 173 cm³/mol. The minimum Gasteiger partial charge on any atom is -0.346 e. The van der Waals surface area contributed by atoms with Gasteiger partial charge in [0.25, 0.3) is 5.92 Å². The molecule has 6 aromatic rings. The highest BCUT2D eigenvalue weighted by Gasteiger charge is 2.68. The van der Waals surface area contributed by atoms with E-state index in [4.69, 9.17) is 4.98 Å². The van der Waals surface area contributed by atoms with E-state index in [1.807, 2.05) is 0 Å². The molecule has 0 unspecified atom stereocenters. The first-order valence-corrected chi connectivity index (χ1v) is 16.8. The second kappa shape index (κ2) is 12.3. The third kappa shape index (κ3) is 6.13. The number of carbonyl (C=O) groups excluding carboxylic acids is 2. The number of rotatable bonds is 9. The summed E-state index contributed by atoms with van der Waals surface area (Å²) >= 11 is 1.20. The fourth-order valence-corrected chi connectivity index (χ4v) is 7.91. The highest BCUT2D eigenvalue weighted by molar-refractivity contribution is 7.21. The molecule has 53 heavy (non-hydrogen) atoms. The van der Waals surface area contributed by atoms with Crippen LogP contribution < -0.4 is 5.32 Å². The van der Waals surface area contributed by atoms with Crippen LogP contribution >= 0.6 is 11.3 Å². The maximum atomic E-state index is 15.3. The molecule has 0 aliphatic heterocycles. The van der Waals surface area contributed by atoms with E-state index in [9.17, 15) is 35.9 Å². The first-order valence-electron chi connectivity index (χ1n) is 16.0. The smallest absolute Gasteiger partial charge is 0.346 e. The van der Waals surface area contributed by atoms with Gasteiger partial charge in [0.15, 0.2) is 17.1 Å². The summed E-state index contributed by atoms with van der Waals surface area (Å²) in [6, 6.07) is 6.57. The van der Waals surface area contributed by atoms with E-state index >= 15 is 8.78 Å². The van der Waals surface area contributed by atoms with Crippen molar-refractivity contribution < 1.29 is 44.7 Å². The summed E-state index contributed by atoms with van der Waals surface area (Å²) in [7, 11) is 0. The Morgan fingerprint density at radius 1 is 1.06 bits per heavy atom.